The Labute approximate surface area is 176 Å². The molecular weight excluding hydrogens is 455 g/mol. The number of aryl methyl sites for hydroxylation is 2. The molecule has 0 saturated heterocycles. The number of nitrogens with one attached hydrogen (secondary N) is 2. The van der Waals surface area contributed by atoms with Gasteiger partial charge >= 0.3 is 0 Å². The third-order valence-electron chi connectivity index (χ3n) is 4.07. The molecule has 3 rings (SSSR count). The van der Waals surface area contributed by atoms with Gasteiger partial charge in [0.25, 0.3) is 0 Å². The van der Waals surface area contributed by atoms with Gasteiger partial charge in [-0.2, -0.15) is 0 Å². The van der Waals surface area contributed by atoms with E-state index < -0.39 is 0 Å². The van der Waals surface area contributed by atoms with E-state index in [9.17, 15) is 0 Å². The van der Waals surface area contributed by atoms with Crippen molar-refractivity contribution in [3.05, 3.63) is 59.5 Å². The van der Waals surface area contributed by atoms with Gasteiger partial charge in [-0.25, -0.2) is 0 Å². The van der Waals surface area contributed by atoms with Crippen LogP contribution in [0, 0.1) is 13.8 Å². The third kappa shape index (κ3) is 5.31. The topological polar surface area (TPSA) is 75.8 Å². The Balaban J connectivity index is 0.00000261. The summed E-state index contributed by atoms with van der Waals surface area (Å²) in [6.45, 7) is 5.84. The zero-order chi connectivity index (χ0) is 18.4. The number of ether oxygens (including phenoxy) is 1. The molecule has 0 aliphatic carbocycles. The molecule has 2 N–H and O–H groups in total. The molecule has 3 aromatic rings. The van der Waals surface area contributed by atoms with E-state index in [0.29, 0.717) is 25.7 Å². The van der Waals surface area contributed by atoms with Crippen molar-refractivity contribution < 1.29 is 4.74 Å². The first kappa shape index (κ1) is 20.9. The van der Waals surface area contributed by atoms with Gasteiger partial charge in [-0.3, -0.25) is 9.39 Å². The predicted octanol–water partition coefficient (Wildman–Crippen LogP) is 2.71. The van der Waals surface area contributed by atoms with Gasteiger partial charge in [0, 0.05) is 13.2 Å². The average Bonchev–Trinajstić information content (AvgIpc) is 3.06. The van der Waals surface area contributed by atoms with Crippen LogP contribution < -0.4 is 15.4 Å². The molecule has 8 heteroatoms. The molecule has 7 nitrogen and oxygen atoms in total. The molecule has 0 aliphatic rings. The molecule has 0 atom stereocenters. The molecule has 0 unspecified atom stereocenters. The smallest absolute Gasteiger partial charge is 0.191 e. The maximum absolute atomic E-state index is 5.90. The van der Waals surface area contributed by atoms with Gasteiger partial charge < -0.3 is 15.4 Å². The fourth-order valence-corrected chi connectivity index (χ4v) is 2.74. The number of benzene rings is 1. The highest BCUT2D eigenvalue weighted by Gasteiger charge is 2.06. The van der Waals surface area contributed by atoms with Gasteiger partial charge in [-0.1, -0.05) is 24.3 Å². The molecule has 144 valence electrons. The first-order valence-corrected chi connectivity index (χ1v) is 8.61. The highest BCUT2D eigenvalue weighted by atomic mass is 127. The van der Waals surface area contributed by atoms with Crippen LogP contribution in [-0.2, 0) is 6.54 Å². The minimum Gasteiger partial charge on any atom is -0.491 e. The molecule has 27 heavy (non-hydrogen) atoms. The third-order valence-corrected chi connectivity index (χ3v) is 4.07. The molecule has 0 saturated carbocycles. The first-order valence-electron chi connectivity index (χ1n) is 8.61. The largest absolute Gasteiger partial charge is 0.491 e. The number of guanidine groups is 1. The van der Waals surface area contributed by atoms with Crippen LogP contribution in [0.4, 0.5) is 0 Å². The van der Waals surface area contributed by atoms with Gasteiger partial charge in [-0.05, 0) is 37.1 Å². The Kier molecular flexibility index (Phi) is 7.83. The van der Waals surface area contributed by atoms with Crippen LogP contribution in [0.1, 0.15) is 17.0 Å². The molecule has 0 bridgehead atoms. The van der Waals surface area contributed by atoms with E-state index in [4.69, 9.17) is 4.74 Å². The number of rotatable bonds is 6. The van der Waals surface area contributed by atoms with Gasteiger partial charge in [-0.15, -0.1) is 34.2 Å². The number of halogens is 1. The van der Waals surface area contributed by atoms with Crippen molar-refractivity contribution in [2.75, 3.05) is 20.2 Å². The summed E-state index contributed by atoms with van der Waals surface area (Å²) in [7, 11) is 1.74. The van der Waals surface area contributed by atoms with Crippen molar-refractivity contribution >= 4 is 35.6 Å². The quantitative estimate of drug-likeness (QED) is 0.246. The minimum absolute atomic E-state index is 0. The predicted molar refractivity (Wildman–Crippen MR) is 118 cm³/mol. The second kappa shape index (κ2) is 10.1. The fraction of sp³-hybridized carbons (Fsp3) is 0.316. The number of aliphatic imine (C=N–C) groups is 1. The van der Waals surface area contributed by atoms with Gasteiger partial charge in [0.1, 0.15) is 12.4 Å². The Bertz CT molecular complexity index is 888. The summed E-state index contributed by atoms with van der Waals surface area (Å²) in [6.07, 6.45) is 1.95. The minimum atomic E-state index is 0. The van der Waals surface area contributed by atoms with Crippen molar-refractivity contribution in [3.63, 3.8) is 0 Å². The molecule has 1 aromatic carbocycles. The van der Waals surface area contributed by atoms with E-state index in [0.717, 1.165) is 28.3 Å². The highest BCUT2D eigenvalue weighted by Crippen LogP contribution is 2.21. The monoisotopic (exact) mass is 480 g/mol. The zero-order valence-electron chi connectivity index (χ0n) is 15.8. The number of pyridine rings is 1. The molecular formula is C19H25IN6O. The van der Waals surface area contributed by atoms with Crippen LogP contribution in [0.5, 0.6) is 5.75 Å². The van der Waals surface area contributed by atoms with E-state index in [1.54, 1.807) is 7.05 Å². The second-order valence-electron chi connectivity index (χ2n) is 5.97. The summed E-state index contributed by atoms with van der Waals surface area (Å²) >= 11 is 0. The van der Waals surface area contributed by atoms with Crippen LogP contribution in [0.2, 0.25) is 0 Å². The standard InChI is InChI=1S/C19H24N6O.HI/c1-14-7-6-8-15(2)18(14)26-12-10-21-19(20-3)22-13-17-24-23-16-9-4-5-11-25(16)17;/h4-9,11H,10,12-13H2,1-3H3,(H2,20,21,22);1H. The Morgan fingerprint density at radius 3 is 2.59 bits per heavy atom. The molecule has 2 heterocycles. The van der Waals surface area contributed by atoms with Gasteiger partial charge in [0.15, 0.2) is 17.4 Å². The number of nitrogens with zero attached hydrogens (tertiary/aromatic N) is 4. The Morgan fingerprint density at radius 2 is 1.85 bits per heavy atom. The molecule has 0 spiro atoms. The van der Waals surface area contributed by atoms with Crippen LogP contribution in [0.25, 0.3) is 5.65 Å². The van der Waals surface area contributed by atoms with Crippen LogP contribution in [0.3, 0.4) is 0 Å². The van der Waals surface area contributed by atoms with E-state index in [2.05, 4.69) is 51.8 Å². The van der Waals surface area contributed by atoms with Gasteiger partial charge in [0.05, 0.1) is 13.1 Å². The summed E-state index contributed by atoms with van der Waals surface area (Å²) < 4.78 is 7.85. The summed E-state index contributed by atoms with van der Waals surface area (Å²) in [4.78, 5) is 4.23. The highest BCUT2D eigenvalue weighted by molar-refractivity contribution is 14.0. The number of para-hydroxylation sites is 1. The summed E-state index contributed by atoms with van der Waals surface area (Å²) in [5.41, 5.74) is 3.12. The van der Waals surface area contributed by atoms with Crippen molar-refractivity contribution in [1.29, 1.82) is 0 Å². The van der Waals surface area contributed by atoms with E-state index in [1.165, 1.54) is 0 Å². The average molecular weight is 480 g/mol. The molecule has 0 amide bonds. The number of hydrogen-bond acceptors (Lipinski definition) is 4. The van der Waals surface area contributed by atoms with E-state index in [-0.39, 0.29) is 24.0 Å². The zero-order valence-corrected chi connectivity index (χ0v) is 18.1. The fourth-order valence-electron chi connectivity index (χ4n) is 2.74. The maximum Gasteiger partial charge on any atom is 0.191 e. The van der Waals surface area contributed by atoms with E-state index >= 15 is 0 Å². The van der Waals surface area contributed by atoms with E-state index in [1.807, 2.05) is 34.9 Å². The number of fused-ring (bicyclic) bond motifs is 1. The summed E-state index contributed by atoms with van der Waals surface area (Å²) in [5.74, 6) is 2.48. The lowest BCUT2D eigenvalue weighted by Crippen LogP contribution is -2.39. The maximum atomic E-state index is 5.90. The van der Waals surface area contributed by atoms with Gasteiger partial charge in [0.2, 0.25) is 0 Å². The first-order chi connectivity index (χ1) is 12.7. The van der Waals surface area contributed by atoms with Crippen LogP contribution >= 0.6 is 24.0 Å². The Hall–Kier alpha value is -2.36. The van der Waals surface area contributed by atoms with Crippen molar-refractivity contribution in [1.82, 2.24) is 25.2 Å². The molecule has 0 fully saturated rings. The van der Waals surface area contributed by atoms with Crippen molar-refractivity contribution in [2.45, 2.75) is 20.4 Å². The number of hydrogen-bond donors (Lipinski definition) is 2. The SMILES string of the molecule is CN=C(NCCOc1c(C)cccc1C)NCc1nnc2ccccn12.I. The number of aromatic nitrogens is 3. The molecule has 2 aromatic heterocycles. The van der Waals surface area contributed by atoms with Crippen molar-refractivity contribution in [2.24, 2.45) is 4.99 Å². The van der Waals surface area contributed by atoms with Crippen LogP contribution in [0.15, 0.2) is 47.6 Å². The lowest BCUT2D eigenvalue weighted by atomic mass is 10.1. The normalized spacial score (nSPS) is 11.1. The summed E-state index contributed by atoms with van der Waals surface area (Å²) in [5, 5.41) is 14.8. The summed E-state index contributed by atoms with van der Waals surface area (Å²) in [6, 6.07) is 12.0. The van der Waals surface area contributed by atoms with Crippen molar-refractivity contribution in [3.8, 4) is 5.75 Å². The molecule has 0 aliphatic heterocycles. The second-order valence-corrected chi connectivity index (χ2v) is 5.97. The Morgan fingerprint density at radius 1 is 1.07 bits per heavy atom. The lowest BCUT2D eigenvalue weighted by molar-refractivity contribution is 0.317. The lowest BCUT2D eigenvalue weighted by Gasteiger charge is -2.14. The molecule has 0 radical (unpaired) electrons. The van der Waals surface area contributed by atoms with Crippen LogP contribution in [-0.4, -0.2) is 40.8 Å².